The summed E-state index contributed by atoms with van der Waals surface area (Å²) < 4.78 is 5.39. The molecule has 0 unspecified atom stereocenters. The van der Waals surface area contributed by atoms with Crippen molar-refractivity contribution < 1.29 is 23.9 Å². The van der Waals surface area contributed by atoms with E-state index in [9.17, 15) is 19.2 Å². The summed E-state index contributed by atoms with van der Waals surface area (Å²) >= 11 is 0. The van der Waals surface area contributed by atoms with Crippen LogP contribution in [0.15, 0.2) is 36.4 Å². The molecule has 0 aromatic heterocycles. The van der Waals surface area contributed by atoms with E-state index in [2.05, 4.69) is 17.1 Å². The van der Waals surface area contributed by atoms with E-state index in [1.165, 1.54) is 0 Å². The summed E-state index contributed by atoms with van der Waals surface area (Å²) in [6.45, 7) is 6.04. The molecule has 2 aliphatic rings. The second-order valence-corrected chi connectivity index (χ2v) is 9.78. The fourth-order valence-corrected chi connectivity index (χ4v) is 5.11. The molecule has 2 aromatic carbocycles. The molecule has 2 saturated heterocycles. The minimum atomic E-state index is -0.547. The molecule has 3 amide bonds. The highest BCUT2D eigenvalue weighted by molar-refractivity contribution is 6.00. The van der Waals surface area contributed by atoms with Crippen molar-refractivity contribution in [1.82, 2.24) is 5.32 Å². The Hall–Kier alpha value is -3.92. The van der Waals surface area contributed by atoms with Crippen LogP contribution in [0, 0.1) is 0 Å². The molecular weight excluding hydrogens is 474 g/mol. The molecule has 10 heteroatoms. The number of amides is 3. The van der Waals surface area contributed by atoms with Crippen LogP contribution >= 0.6 is 0 Å². The van der Waals surface area contributed by atoms with Crippen LogP contribution in [-0.4, -0.2) is 56.5 Å². The van der Waals surface area contributed by atoms with Gasteiger partial charge in [-0.2, -0.15) is 0 Å². The number of primary amides is 1. The number of hydrogen-bond donors (Lipinski definition) is 3. The largest absolute Gasteiger partial charge is 0.442 e. The Labute approximate surface area is 215 Å². The fraction of sp³-hybridized carbons (Fsp3) is 0.407. The van der Waals surface area contributed by atoms with Gasteiger partial charge in [0.1, 0.15) is 12.4 Å². The van der Waals surface area contributed by atoms with Crippen molar-refractivity contribution >= 4 is 35.6 Å². The zero-order valence-electron chi connectivity index (χ0n) is 21.2. The van der Waals surface area contributed by atoms with Crippen LogP contribution in [0.5, 0.6) is 0 Å². The first kappa shape index (κ1) is 26.2. The predicted octanol–water partition coefficient (Wildman–Crippen LogP) is 1.61. The molecule has 0 spiro atoms. The molecular formula is C27H33N5O5. The number of benzene rings is 2. The van der Waals surface area contributed by atoms with E-state index in [0.29, 0.717) is 37.3 Å². The highest BCUT2D eigenvalue weighted by atomic mass is 16.6. The summed E-state index contributed by atoms with van der Waals surface area (Å²) in [7, 11) is 0. The molecule has 0 aliphatic carbocycles. The maximum atomic E-state index is 12.4. The number of nitrogens with two attached hydrogens (primary N) is 2. The van der Waals surface area contributed by atoms with E-state index in [1.54, 1.807) is 24.0 Å². The van der Waals surface area contributed by atoms with Crippen molar-refractivity contribution in [3.63, 3.8) is 0 Å². The number of anilines is 2. The van der Waals surface area contributed by atoms with E-state index in [1.807, 2.05) is 24.3 Å². The summed E-state index contributed by atoms with van der Waals surface area (Å²) in [5.41, 5.74) is 15.8. The molecule has 196 valence electrons. The number of nitrogens with zero attached hydrogens (tertiary/aromatic N) is 2. The topological polar surface area (TPSA) is 148 Å². The lowest BCUT2D eigenvalue weighted by molar-refractivity contribution is -0.121. The molecule has 1 atom stereocenters. The van der Waals surface area contributed by atoms with Crippen molar-refractivity contribution in [3.05, 3.63) is 58.7 Å². The van der Waals surface area contributed by atoms with Crippen molar-refractivity contribution in [2.24, 2.45) is 11.5 Å². The average molecular weight is 508 g/mol. The molecule has 2 heterocycles. The molecule has 2 aliphatic heterocycles. The first-order chi connectivity index (χ1) is 17.7. The van der Waals surface area contributed by atoms with E-state index in [-0.39, 0.29) is 30.8 Å². The van der Waals surface area contributed by atoms with Gasteiger partial charge in [0.15, 0.2) is 0 Å². The maximum absolute atomic E-state index is 12.4. The van der Waals surface area contributed by atoms with Crippen molar-refractivity contribution in [2.75, 3.05) is 36.0 Å². The number of rotatable bonds is 10. The second-order valence-electron chi connectivity index (χ2n) is 9.78. The maximum Gasteiger partial charge on any atom is 0.414 e. The highest BCUT2D eigenvalue weighted by Gasteiger charge is 2.42. The van der Waals surface area contributed by atoms with E-state index >= 15 is 0 Å². The number of cyclic esters (lactones) is 1. The Morgan fingerprint density at radius 2 is 1.89 bits per heavy atom. The van der Waals surface area contributed by atoms with Gasteiger partial charge in [0.05, 0.1) is 24.3 Å². The Morgan fingerprint density at radius 3 is 2.49 bits per heavy atom. The van der Waals surface area contributed by atoms with E-state index in [0.717, 1.165) is 28.7 Å². The number of hydrogen-bond acceptors (Lipinski definition) is 7. The van der Waals surface area contributed by atoms with Gasteiger partial charge in [-0.05, 0) is 34.9 Å². The highest BCUT2D eigenvalue weighted by Crippen LogP contribution is 2.41. The van der Waals surface area contributed by atoms with Gasteiger partial charge in [0, 0.05) is 43.6 Å². The Kier molecular flexibility index (Phi) is 7.49. The molecule has 5 N–H and O–H groups in total. The van der Waals surface area contributed by atoms with Crippen LogP contribution < -0.4 is 26.6 Å². The van der Waals surface area contributed by atoms with Crippen LogP contribution in [0.2, 0.25) is 0 Å². The zero-order chi connectivity index (χ0) is 26.7. The lowest BCUT2D eigenvalue weighted by atomic mass is 9.74. The van der Waals surface area contributed by atoms with Gasteiger partial charge in [0.2, 0.25) is 5.91 Å². The van der Waals surface area contributed by atoms with Crippen LogP contribution in [0.25, 0.3) is 0 Å². The third-order valence-corrected chi connectivity index (χ3v) is 7.15. The third-order valence-electron chi connectivity index (χ3n) is 7.15. The molecule has 0 saturated carbocycles. The number of carbonyl (C=O) groups excluding carboxylic acids is 4. The van der Waals surface area contributed by atoms with Crippen LogP contribution in [0.1, 0.15) is 47.3 Å². The van der Waals surface area contributed by atoms with Crippen LogP contribution in [-0.2, 0) is 32.7 Å². The number of carbonyl (C=O) groups is 4. The number of aldehydes is 1. The molecule has 0 radical (unpaired) electrons. The Morgan fingerprint density at radius 1 is 1.19 bits per heavy atom. The van der Waals surface area contributed by atoms with Crippen LogP contribution in [0.3, 0.4) is 0 Å². The van der Waals surface area contributed by atoms with E-state index < -0.39 is 18.1 Å². The quantitative estimate of drug-likeness (QED) is 0.414. The Balaban J connectivity index is 1.48. The van der Waals surface area contributed by atoms with Gasteiger partial charge in [-0.15, -0.1) is 0 Å². The second kappa shape index (κ2) is 10.6. The average Bonchev–Trinajstić information content (AvgIpc) is 3.25. The number of nitrogens with one attached hydrogen (secondary N) is 1. The fourth-order valence-electron chi connectivity index (χ4n) is 5.11. The minimum Gasteiger partial charge on any atom is -0.442 e. The van der Waals surface area contributed by atoms with Gasteiger partial charge in [-0.3, -0.25) is 14.5 Å². The summed E-state index contributed by atoms with van der Waals surface area (Å²) in [5, 5.41) is 2.76. The van der Waals surface area contributed by atoms with Gasteiger partial charge in [0.25, 0.3) is 5.91 Å². The SMILES string of the molecule is CCC(=O)NC[C@H]1CN(c2ccc(C3(C)CN(c4c(C(N)=O)ccc(CN)c4CC=O)C3)cc2)C(=O)O1. The van der Waals surface area contributed by atoms with Gasteiger partial charge in [-0.25, -0.2) is 4.79 Å². The molecule has 4 rings (SSSR count). The minimum absolute atomic E-state index is 0.0855. The third kappa shape index (κ3) is 5.15. The van der Waals surface area contributed by atoms with Gasteiger partial charge >= 0.3 is 6.09 Å². The smallest absolute Gasteiger partial charge is 0.414 e. The standard InChI is InChI=1S/C27H33N5O5/c1-3-23(34)30-13-20-14-32(26(36)37-20)19-7-5-18(6-8-19)27(2)15-31(16-27)24-21(10-11-33)17(12-28)4-9-22(24)25(29)35/h4-9,11,20H,3,10,12-16,28H2,1-2H3,(H2,29,35)(H,30,34)/t20-/m0/s1. The lowest BCUT2D eigenvalue weighted by Crippen LogP contribution is -2.58. The predicted molar refractivity (Wildman–Crippen MR) is 140 cm³/mol. The molecule has 2 aromatic rings. The van der Waals surface area contributed by atoms with Crippen molar-refractivity contribution in [2.45, 2.75) is 44.8 Å². The molecule has 0 bridgehead atoms. The van der Waals surface area contributed by atoms with Crippen LogP contribution in [0.4, 0.5) is 16.2 Å². The summed E-state index contributed by atoms with van der Waals surface area (Å²) in [4.78, 5) is 51.1. The Bertz CT molecular complexity index is 1210. The summed E-state index contributed by atoms with van der Waals surface area (Å²) in [6.07, 6.45) is 0.505. The van der Waals surface area contributed by atoms with E-state index in [4.69, 9.17) is 16.2 Å². The molecule has 2 fully saturated rings. The molecule has 10 nitrogen and oxygen atoms in total. The van der Waals surface area contributed by atoms with Crippen molar-refractivity contribution in [1.29, 1.82) is 0 Å². The summed E-state index contributed by atoms with van der Waals surface area (Å²) in [6, 6.07) is 11.2. The molecule has 37 heavy (non-hydrogen) atoms. The van der Waals surface area contributed by atoms with Gasteiger partial charge < -0.3 is 31.2 Å². The van der Waals surface area contributed by atoms with Gasteiger partial charge in [-0.1, -0.05) is 32.0 Å². The normalized spacial score (nSPS) is 18.2. The lowest BCUT2D eigenvalue weighted by Gasteiger charge is -2.51. The van der Waals surface area contributed by atoms with Crippen molar-refractivity contribution in [3.8, 4) is 0 Å². The summed E-state index contributed by atoms with van der Waals surface area (Å²) in [5.74, 6) is -0.633. The number of ether oxygens (including phenoxy) is 1. The first-order valence-corrected chi connectivity index (χ1v) is 12.4. The first-order valence-electron chi connectivity index (χ1n) is 12.4. The zero-order valence-corrected chi connectivity index (χ0v) is 21.2. The monoisotopic (exact) mass is 507 g/mol.